The third-order valence-electron chi connectivity index (χ3n) is 2.93. The number of amidine groups is 1. The molecule has 20 heavy (non-hydrogen) atoms. The van der Waals surface area contributed by atoms with Gasteiger partial charge in [0, 0.05) is 32.9 Å². The molecule has 6 nitrogen and oxygen atoms in total. The number of nitrogens with two attached hydrogens (primary N) is 1. The van der Waals surface area contributed by atoms with Gasteiger partial charge in [0.2, 0.25) is 5.95 Å². The van der Waals surface area contributed by atoms with E-state index in [0.717, 1.165) is 11.5 Å². The molecule has 0 spiro atoms. The van der Waals surface area contributed by atoms with Crippen molar-refractivity contribution in [2.45, 2.75) is 0 Å². The van der Waals surface area contributed by atoms with E-state index in [1.165, 1.54) is 0 Å². The average Bonchev–Trinajstić information content (AvgIpc) is 2.46. The second-order valence-electron chi connectivity index (χ2n) is 4.60. The summed E-state index contributed by atoms with van der Waals surface area (Å²) in [5.74, 6) is 1.42. The molecule has 1 heterocycles. The van der Waals surface area contributed by atoms with Crippen LogP contribution in [-0.2, 0) is 0 Å². The maximum absolute atomic E-state index is 7.65. The Labute approximate surface area is 118 Å². The third kappa shape index (κ3) is 2.69. The Morgan fingerprint density at radius 1 is 1.15 bits per heavy atom. The van der Waals surface area contributed by atoms with Crippen LogP contribution in [0.5, 0.6) is 0 Å². The lowest BCUT2D eigenvalue weighted by atomic mass is 10.1. The molecule has 3 N–H and O–H groups in total. The van der Waals surface area contributed by atoms with Gasteiger partial charge in [-0.15, -0.1) is 0 Å². The number of nitrogen functional groups attached to an aromatic ring is 1. The molecule has 0 saturated heterocycles. The summed E-state index contributed by atoms with van der Waals surface area (Å²) in [4.78, 5) is 12.4. The highest BCUT2D eigenvalue weighted by molar-refractivity contribution is 6.01. The van der Waals surface area contributed by atoms with Crippen molar-refractivity contribution in [1.82, 2.24) is 9.97 Å². The van der Waals surface area contributed by atoms with Gasteiger partial charge >= 0.3 is 0 Å². The predicted molar refractivity (Wildman–Crippen MR) is 81.9 cm³/mol. The molecule has 6 heteroatoms. The summed E-state index contributed by atoms with van der Waals surface area (Å²) in [5, 5.41) is 7.65. The van der Waals surface area contributed by atoms with Crippen LogP contribution in [0.3, 0.4) is 0 Å². The van der Waals surface area contributed by atoms with Crippen molar-refractivity contribution in [2.75, 3.05) is 30.9 Å². The number of para-hydroxylation sites is 1. The second-order valence-corrected chi connectivity index (χ2v) is 4.60. The molecule has 0 bridgehead atoms. The fraction of sp³-hybridized carbons (Fsp3) is 0.214. The lowest BCUT2D eigenvalue weighted by Gasteiger charge is -2.22. The quantitative estimate of drug-likeness (QED) is 0.651. The Morgan fingerprint density at radius 3 is 2.50 bits per heavy atom. The minimum atomic E-state index is 0.0364. The van der Waals surface area contributed by atoms with Crippen LogP contribution in [0.15, 0.2) is 36.5 Å². The van der Waals surface area contributed by atoms with E-state index in [-0.39, 0.29) is 5.84 Å². The van der Waals surface area contributed by atoms with E-state index >= 15 is 0 Å². The number of aromatic nitrogens is 2. The smallest absolute Gasteiger partial charge is 0.226 e. The van der Waals surface area contributed by atoms with Gasteiger partial charge in [-0.25, -0.2) is 4.98 Å². The first-order valence-corrected chi connectivity index (χ1v) is 6.18. The topological polar surface area (TPSA) is 82.1 Å². The van der Waals surface area contributed by atoms with Gasteiger partial charge in [0.05, 0.1) is 5.69 Å². The number of hydrogen-bond donors (Lipinski definition) is 2. The van der Waals surface area contributed by atoms with Crippen molar-refractivity contribution in [3.63, 3.8) is 0 Å². The summed E-state index contributed by atoms with van der Waals surface area (Å²) >= 11 is 0. The van der Waals surface area contributed by atoms with E-state index in [2.05, 4.69) is 9.97 Å². The molecular formula is C14H18N6. The summed E-state index contributed by atoms with van der Waals surface area (Å²) in [7, 11) is 5.68. The minimum absolute atomic E-state index is 0.0364. The van der Waals surface area contributed by atoms with Crippen LogP contribution < -0.4 is 15.5 Å². The van der Waals surface area contributed by atoms with E-state index in [0.29, 0.717) is 11.5 Å². The molecule has 0 aliphatic heterocycles. The first kappa shape index (κ1) is 13.8. The summed E-state index contributed by atoms with van der Waals surface area (Å²) in [5.41, 5.74) is 7.14. The monoisotopic (exact) mass is 270 g/mol. The molecule has 1 aromatic heterocycles. The second kappa shape index (κ2) is 5.56. The zero-order chi connectivity index (χ0) is 14.7. The lowest BCUT2D eigenvalue weighted by molar-refractivity contribution is 0.981. The molecule has 0 atom stereocenters. The van der Waals surface area contributed by atoms with Gasteiger partial charge in [0.15, 0.2) is 0 Å². The van der Waals surface area contributed by atoms with Crippen LogP contribution in [0.25, 0.3) is 0 Å². The minimum Gasteiger partial charge on any atom is -0.384 e. The van der Waals surface area contributed by atoms with Crippen LogP contribution in [0, 0.1) is 5.41 Å². The summed E-state index contributed by atoms with van der Waals surface area (Å²) < 4.78 is 0. The van der Waals surface area contributed by atoms with E-state index in [4.69, 9.17) is 11.1 Å². The van der Waals surface area contributed by atoms with Gasteiger partial charge in [0.1, 0.15) is 11.7 Å². The van der Waals surface area contributed by atoms with E-state index < -0.39 is 0 Å². The Hall–Kier alpha value is -2.63. The van der Waals surface area contributed by atoms with Crippen molar-refractivity contribution in [1.29, 1.82) is 5.41 Å². The highest BCUT2D eigenvalue weighted by atomic mass is 15.3. The van der Waals surface area contributed by atoms with Gasteiger partial charge < -0.3 is 15.5 Å². The van der Waals surface area contributed by atoms with Crippen molar-refractivity contribution >= 4 is 23.3 Å². The van der Waals surface area contributed by atoms with Crippen LogP contribution in [0.2, 0.25) is 0 Å². The van der Waals surface area contributed by atoms with Crippen molar-refractivity contribution in [2.24, 2.45) is 5.73 Å². The van der Waals surface area contributed by atoms with Crippen LogP contribution in [0.4, 0.5) is 17.5 Å². The first-order chi connectivity index (χ1) is 9.50. The number of hydrogen-bond acceptors (Lipinski definition) is 5. The largest absolute Gasteiger partial charge is 0.384 e. The molecule has 0 fully saturated rings. The van der Waals surface area contributed by atoms with Crippen molar-refractivity contribution < 1.29 is 0 Å². The Bertz CT molecular complexity index is 623. The van der Waals surface area contributed by atoms with Gasteiger partial charge in [-0.3, -0.25) is 5.41 Å². The molecule has 2 aromatic rings. The van der Waals surface area contributed by atoms with Gasteiger partial charge in [0.25, 0.3) is 0 Å². The highest BCUT2D eigenvalue weighted by Crippen LogP contribution is 2.25. The lowest BCUT2D eigenvalue weighted by Crippen LogP contribution is -2.20. The zero-order valence-corrected chi connectivity index (χ0v) is 11.8. The van der Waals surface area contributed by atoms with E-state index in [1.807, 2.05) is 61.3 Å². The fourth-order valence-electron chi connectivity index (χ4n) is 1.86. The van der Waals surface area contributed by atoms with Crippen LogP contribution >= 0.6 is 0 Å². The van der Waals surface area contributed by atoms with E-state index in [9.17, 15) is 0 Å². The Balaban J connectivity index is 2.44. The number of nitrogens with zero attached hydrogens (tertiary/aromatic N) is 4. The third-order valence-corrected chi connectivity index (χ3v) is 2.93. The number of anilines is 3. The number of nitrogens with one attached hydrogen (secondary N) is 1. The van der Waals surface area contributed by atoms with Crippen LogP contribution in [-0.4, -0.2) is 36.9 Å². The molecule has 0 aliphatic rings. The maximum Gasteiger partial charge on any atom is 0.226 e. The molecule has 2 rings (SSSR count). The van der Waals surface area contributed by atoms with Gasteiger partial charge in [-0.05, 0) is 18.2 Å². The standard InChI is InChI=1S/C14H18N6/c1-19(2)14-17-9-8-12(18-14)20(3)11-7-5-4-6-10(11)13(15)16/h4-9H,1-3H3,(H3,15,16). The molecule has 0 radical (unpaired) electrons. The predicted octanol–water partition coefficient (Wildman–Crippen LogP) is 1.59. The normalized spacial score (nSPS) is 10.2. The number of rotatable bonds is 4. The Kier molecular flexibility index (Phi) is 3.84. The van der Waals surface area contributed by atoms with Gasteiger partial charge in [-0.1, -0.05) is 12.1 Å². The molecule has 0 amide bonds. The molecule has 104 valence electrons. The molecule has 0 aliphatic carbocycles. The molecule has 0 saturated carbocycles. The summed E-state index contributed by atoms with van der Waals surface area (Å²) in [6.45, 7) is 0. The first-order valence-electron chi connectivity index (χ1n) is 6.18. The number of benzene rings is 1. The highest BCUT2D eigenvalue weighted by Gasteiger charge is 2.12. The summed E-state index contributed by atoms with van der Waals surface area (Å²) in [6, 6.07) is 9.33. The van der Waals surface area contributed by atoms with Gasteiger partial charge in [-0.2, -0.15) is 4.98 Å². The van der Waals surface area contributed by atoms with Crippen molar-refractivity contribution in [3.05, 3.63) is 42.1 Å². The Morgan fingerprint density at radius 2 is 1.85 bits per heavy atom. The molecular weight excluding hydrogens is 252 g/mol. The van der Waals surface area contributed by atoms with E-state index in [1.54, 1.807) is 6.20 Å². The average molecular weight is 270 g/mol. The molecule has 1 aromatic carbocycles. The van der Waals surface area contributed by atoms with Crippen LogP contribution in [0.1, 0.15) is 5.56 Å². The maximum atomic E-state index is 7.65. The van der Waals surface area contributed by atoms with Crippen molar-refractivity contribution in [3.8, 4) is 0 Å². The fourth-order valence-corrected chi connectivity index (χ4v) is 1.86. The molecule has 0 unspecified atom stereocenters. The summed E-state index contributed by atoms with van der Waals surface area (Å²) in [6.07, 6.45) is 1.71. The SMILES string of the molecule is CN(C)c1nccc(N(C)c2ccccc2C(=N)N)n1. The zero-order valence-electron chi connectivity index (χ0n) is 11.8.